The summed E-state index contributed by atoms with van der Waals surface area (Å²) >= 11 is 3.01. The van der Waals surface area contributed by atoms with E-state index in [0.717, 1.165) is 0 Å². The molecule has 90 valence electrons. The zero-order chi connectivity index (χ0) is 13.1. The highest BCUT2D eigenvalue weighted by Gasteiger charge is 2.18. The first-order valence-corrected chi connectivity index (χ1v) is 5.79. The molecule has 0 aliphatic rings. The Morgan fingerprint density at radius 1 is 1.59 bits per heavy atom. The molecule has 0 saturated heterocycles. The van der Waals surface area contributed by atoms with Crippen LogP contribution in [0.4, 0.5) is 4.39 Å². The molecule has 0 aliphatic carbocycles. The third-order valence-corrected chi connectivity index (χ3v) is 2.78. The van der Waals surface area contributed by atoms with Gasteiger partial charge in [-0.15, -0.1) is 0 Å². The highest BCUT2D eigenvalue weighted by molar-refractivity contribution is 9.10. The van der Waals surface area contributed by atoms with E-state index in [1.54, 1.807) is 13.8 Å². The van der Waals surface area contributed by atoms with Crippen LogP contribution in [0, 0.1) is 22.6 Å². The Labute approximate surface area is 108 Å². The van der Waals surface area contributed by atoms with Gasteiger partial charge in [-0.3, -0.25) is 4.79 Å². The molecule has 0 bridgehead atoms. The summed E-state index contributed by atoms with van der Waals surface area (Å²) < 4.78 is 13.2. The fraction of sp³-hybridized carbons (Fsp3) is 0.333. The van der Waals surface area contributed by atoms with Gasteiger partial charge in [0.25, 0.3) is 5.91 Å². The summed E-state index contributed by atoms with van der Waals surface area (Å²) in [6.07, 6.45) is 0. The Kier molecular flexibility index (Phi) is 4.24. The summed E-state index contributed by atoms with van der Waals surface area (Å²) in [4.78, 5) is 11.7. The zero-order valence-corrected chi connectivity index (χ0v) is 11.1. The summed E-state index contributed by atoms with van der Waals surface area (Å²) in [5, 5.41) is 11.4. The highest BCUT2D eigenvalue weighted by Crippen LogP contribution is 2.17. The quantitative estimate of drug-likeness (QED) is 0.933. The van der Waals surface area contributed by atoms with Crippen LogP contribution in [-0.4, -0.2) is 12.5 Å². The number of benzene rings is 1. The van der Waals surface area contributed by atoms with Crippen molar-refractivity contribution in [3.05, 3.63) is 34.1 Å². The van der Waals surface area contributed by atoms with Crippen LogP contribution in [0.2, 0.25) is 0 Å². The monoisotopic (exact) mass is 298 g/mol. The number of carbonyl (C=O) groups excluding carboxylic acids is 1. The van der Waals surface area contributed by atoms with Crippen LogP contribution in [-0.2, 0) is 0 Å². The van der Waals surface area contributed by atoms with Crippen molar-refractivity contribution in [2.75, 3.05) is 6.54 Å². The van der Waals surface area contributed by atoms with Gasteiger partial charge in [0, 0.05) is 12.1 Å². The number of amides is 1. The Hall–Kier alpha value is -1.41. The van der Waals surface area contributed by atoms with E-state index in [4.69, 9.17) is 5.26 Å². The largest absolute Gasteiger partial charge is 0.350 e. The van der Waals surface area contributed by atoms with E-state index in [1.807, 2.05) is 0 Å². The van der Waals surface area contributed by atoms with E-state index in [2.05, 4.69) is 27.3 Å². The molecule has 0 aromatic heterocycles. The second-order valence-electron chi connectivity index (χ2n) is 4.31. The van der Waals surface area contributed by atoms with Gasteiger partial charge < -0.3 is 5.32 Å². The van der Waals surface area contributed by atoms with Crippen molar-refractivity contribution in [1.29, 1.82) is 5.26 Å². The van der Waals surface area contributed by atoms with Gasteiger partial charge in [0.2, 0.25) is 0 Å². The number of nitrogens with zero attached hydrogens (tertiary/aromatic N) is 1. The normalized spacial score (nSPS) is 10.8. The molecule has 17 heavy (non-hydrogen) atoms. The van der Waals surface area contributed by atoms with Crippen LogP contribution in [0.5, 0.6) is 0 Å². The third-order valence-electron chi connectivity index (χ3n) is 2.18. The summed E-state index contributed by atoms with van der Waals surface area (Å²) in [5.74, 6) is -0.743. The summed E-state index contributed by atoms with van der Waals surface area (Å²) in [6.45, 7) is 3.71. The standard InChI is InChI=1S/C12H12BrFN2O/c1-12(2,6-15)7-16-11(17)8-3-4-10(14)9(13)5-8/h3-5H,7H2,1-2H3,(H,16,17). The van der Waals surface area contributed by atoms with Crippen molar-refractivity contribution in [2.45, 2.75) is 13.8 Å². The van der Waals surface area contributed by atoms with Gasteiger partial charge in [0.1, 0.15) is 5.82 Å². The van der Waals surface area contributed by atoms with Gasteiger partial charge in [-0.05, 0) is 48.0 Å². The first kappa shape index (κ1) is 13.7. The predicted octanol–water partition coefficient (Wildman–Crippen LogP) is 2.87. The molecule has 1 aromatic rings. The second-order valence-corrected chi connectivity index (χ2v) is 5.16. The lowest BCUT2D eigenvalue weighted by molar-refractivity contribution is 0.0943. The van der Waals surface area contributed by atoms with Crippen LogP contribution in [0.15, 0.2) is 22.7 Å². The average molecular weight is 299 g/mol. The topological polar surface area (TPSA) is 52.9 Å². The van der Waals surface area contributed by atoms with Crippen molar-refractivity contribution < 1.29 is 9.18 Å². The molecule has 1 amide bonds. The lowest BCUT2D eigenvalue weighted by atomic mass is 9.96. The second kappa shape index (κ2) is 5.28. The van der Waals surface area contributed by atoms with Gasteiger partial charge in [-0.25, -0.2) is 4.39 Å². The number of nitrogens with one attached hydrogen (secondary N) is 1. The van der Waals surface area contributed by atoms with Crippen molar-refractivity contribution in [3.63, 3.8) is 0 Å². The zero-order valence-electron chi connectivity index (χ0n) is 9.55. The average Bonchev–Trinajstić information content (AvgIpc) is 2.30. The van der Waals surface area contributed by atoms with Gasteiger partial charge in [0.05, 0.1) is 16.0 Å². The molecule has 3 nitrogen and oxygen atoms in total. The Balaban J connectivity index is 2.72. The Morgan fingerprint density at radius 2 is 2.24 bits per heavy atom. The van der Waals surface area contributed by atoms with Gasteiger partial charge in [0.15, 0.2) is 0 Å². The van der Waals surface area contributed by atoms with Gasteiger partial charge >= 0.3 is 0 Å². The van der Waals surface area contributed by atoms with Crippen molar-refractivity contribution in [1.82, 2.24) is 5.32 Å². The fourth-order valence-corrected chi connectivity index (χ4v) is 1.46. The molecule has 0 heterocycles. The third kappa shape index (κ3) is 3.82. The van der Waals surface area contributed by atoms with Crippen LogP contribution in [0.1, 0.15) is 24.2 Å². The molecule has 1 aromatic carbocycles. The molecule has 0 fully saturated rings. The molecule has 0 atom stereocenters. The Morgan fingerprint density at radius 3 is 2.76 bits per heavy atom. The predicted molar refractivity (Wildman–Crippen MR) is 65.8 cm³/mol. The van der Waals surface area contributed by atoms with Crippen LogP contribution in [0.25, 0.3) is 0 Å². The lowest BCUT2D eigenvalue weighted by Gasteiger charge is -2.15. The van der Waals surface area contributed by atoms with E-state index in [9.17, 15) is 9.18 Å². The van der Waals surface area contributed by atoms with Gasteiger partial charge in [-0.1, -0.05) is 0 Å². The minimum absolute atomic E-state index is 0.240. The number of hydrogen-bond donors (Lipinski definition) is 1. The highest BCUT2D eigenvalue weighted by atomic mass is 79.9. The number of nitriles is 1. The van der Waals surface area contributed by atoms with E-state index in [-0.39, 0.29) is 16.9 Å². The van der Waals surface area contributed by atoms with Crippen molar-refractivity contribution in [3.8, 4) is 6.07 Å². The maximum atomic E-state index is 13.0. The molecule has 1 N–H and O–H groups in total. The van der Waals surface area contributed by atoms with E-state index < -0.39 is 11.2 Å². The molecule has 0 unspecified atom stereocenters. The summed E-state index contributed by atoms with van der Waals surface area (Å²) in [5.41, 5.74) is -0.264. The molecule has 1 rings (SSSR count). The van der Waals surface area contributed by atoms with Crippen LogP contribution in [0.3, 0.4) is 0 Å². The number of rotatable bonds is 3. The smallest absolute Gasteiger partial charge is 0.251 e. The summed E-state index contributed by atoms with van der Waals surface area (Å²) in [7, 11) is 0. The molecular formula is C12H12BrFN2O. The van der Waals surface area contributed by atoms with Crippen molar-refractivity contribution in [2.24, 2.45) is 5.41 Å². The Bertz CT molecular complexity index is 480. The number of hydrogen-bond acceptors (Lipinski definition) is 2. The van der Waals surface area contributed by atoms with E-state index in [1.165, 1.54) is 18.2 Å². The number of halogens is 2. The lowest BCUT2D eigenvalue weighted by Crippen LogP contribution is -2.33. The molecule has 0 radical (unpaired) electrons. The first-order chi connectivity index (χ1) is 7.85. The van der Waals surface area contributed by atoms with Crippen LogP contribution < -0.4 is 5.32 Å². The number of carbonyl (C=O) groups is 1. The van der Waals surface area contributed by atoms with Crippen LogP contribution >= 0.6 is 15.9 Å². The maximum absolute atomic E-state index is 13.0. The maximum Gasteiger partial charge on any atom is 0.251 e. The molecule has 5 heteroatoms. The molecular weight excluding hydrogens is 287 g/mol. The minimum atomic E-state index is -0.618. The molecule has 0 saturated carbocycles. The van der Waals surface area contributed by atoms with E-state index >= 15 is 0 Å². The van der Waals surface area contributed by atoms with Gasteiger partial charge in [-0.2, -0.15) is 5.26 Å². The van der Waals surface area contributed by atoms with E-state index in [0.29, 0.717) is 5.56 Å². The minimum Gasteiger partial charge on any atom is -0.350 e. The molecule has 0 aliphatic heterocycles. The summed E-state index contributed by atoms with van der Waals surface area (Å²) in [6, 6.07) is 6.11. The fourth-order valence-electron chi connectivity index (χ4n) is 1.08. The van der Waals surface area contributed by atoms with Crippen molar-refractivity contribution >= 4 is 21.8 Å². The molecule has 0 spiro atoms. The SMILES string of the molecule is CC(C)(C#N)CNC(=O)c1ccc(F)c(Br)c1. The first-order valence-electron chi connectivity index (χ1n) is 5.00.